The zero-order chi connectivity index (χ0) is 11.2. The van der Waals surface area contributed by atoms with Crippen LogP contribution in [0.4, 0.5) is 0 Å². The summed E-state index contributed by atoms with van der Waals surface area (Å²) in [5, 5.41) is 0. The van der Waals surface area contributed by atoms with E-state index in [0.29, 0.717) is 11.3 Å². The van der Waals surface area contributed by atoms with E-state index in [1.165, 1.54) is 0 Å². The van der Waals surface area contributed by atoms with Gasteiger partial charge in [0.1, 0.15) is 0 Å². The predicted molar refractivity (Wildman–Crippen MR) is 65.7 cm³/mol. The van der Waals surface area contributed by atoms with Gasteiger partial charge in [0.2, 0.25) is 0 Å². The number of hydroxylamine groups is 1. The van der Waals surface area contributed by atoms with Crippen molar-refractivity contribution >= 4 is 9.04 Å². The molecule has 1 atom stereocenters. The Labute approximate surface area is 90.4 Å². The Morgan fingerprint density at radius 2 is 1.93 bits per heavy atom. The number of allylic oxidation sites excluding steroid dienone is 1. The van der Waals surface area contributed by atoms with Gasteiger partial charge in [-0.25, -0.2) is 5.48 Å². The molecule has 1 N–H and O–H groups in total. The van der Waals surface area contributed by atoms with Crippen LogP contribution in [0.5, 0.6) is 0 Å². The largest absolute Gasteiger partial charge is 0.349 e. The molecule has 0 fully saturated rings. The summed E-state index contributed by atoms with van der Waals surface area (Å²) in [5.41, 5.74) is 3.32. The Hall–Kier alpha value is -0.123. The van der Waals surface area contributed by atoms with Crippen LogP contribution in [0.1, 0.15) is 27.7 Å². The number of hydrogen-bond donors (Lipinski definition) is 1. The van der Waals surface area contributed by atoms with E-state index in [4.69, 9.17) is 4.53 Å². The zero-order valence-electron chi connectivity index (χ0n) is 10.4. The van der Waals surface area contributed by atoms with Gasteiger partial charge in [0.05, 0.1) is 0 Å². The Balaban J connectivity index is 3.63. The van der Waals surface area contributed by atoms with E-state index in [-0.39, 0.29) is 0 Å². The lowest BCUT2D eigenvalue weighted by atomic mass is 9.82. The third kappa shape index (κ3) is 7.30. The molecule has 0 aromatic rings. The van der Waals surface area contributed by atoms with Crippen molar-refractivity contribution in [2.75, 3.05) is 6.54 Å². The van der Waals surface area contributed by atoms with Gasteiger partial charge < -0.3 is 4.53 Å². The van der Waals surface area contributed by atoms with Crippen molar-refractivity contribution in [3.8, 4) is 0 Å². The first-order valence-corrected chi connectivity index (χ1v) is 8.17. The van der Waals surface area contributed by atoms with E-state index in [1.807, 2.05) is 0 Å². The molecule has 0 amide bonds. The van der Waals surface area contributed by atoms with Crippen LogP contribution in [0.2, 0.25) is 13.1 Å². The highest BCUT2D eigenvalue weighted by molar-refractivity contribution is 6.48. The molecule has 14 heavy (non-hydrogen) atoms. The van der Waals surface area contributed by atoms with Crippen LogP contribution in [-0.2, 0) is 4.53 Å². The molecule has 0 aromatic carbocycles. The number of hydrogen-bond acceptors (Lipinski definition) is 2. The predicted octanol–water partition coefficient (Wildman–Crippen LogP) is 2.73. The highest BCUT2D eigenvalue weighted by atomic mass is 28.3. The smallest absolute Gasteiger partial charge is 0.199 e. The maximum Gasteiger partial charge on any atom is 0.199 e. The highest BCUT2D eigenvalue weighted by Crippen LogP contribution is 2.25. The molecule has 84 valence electrons. The Kier molecular flexibility index (Phi) is 6.32. The molecular weight excluding hydrogens is 190 g/mol. The summed E-state index contributed by atoms with van der Waals surface area (Å²) in [6.45, 7) is 14.1. The van der Waals surface area contributed by atoms with Gasteiger partial charge in [-0.05, 0) is 24.4 Å². The summed E-state index contributed by atoms with van der Waals surface area (Å²) in [6, 6.07) is 0. The Morgan fingerprint density at radius 3 is 2.36 bits per heavy atom. The summed E-state index contributed by atoms with van der Waals surface area (Å²) in [6.07, 6.45) is 4.39. The van der Waals surface area contributed by atoms with E-state index >= 15 is 0 Å². The van der Waals surface area contributed by atoms with Crippen molar-refractivity contribution < 1.29 is 4.53 Å². The lowest BCUT2D eigenvalue weighted by Gasteiger charge is -2.24. The summed E-state index contributed by atoms with van der Waals surface area (Å²) in [4.78, 5) is 0. The van der Waals surface area contributed by atoms with Gasteiger partial charge in [-0.15, -0.1) is 0 Å². The third-order valence-electron chi connectivity index (χ3n) is 2.31. The summed E-state index contributed by atoms with van der Waals surface area (Å²) >= 11 is 0. The van der Waals surface area contributed by atoms with Crippen molar-refractivity contribution in [3.05, 3.63) is 12.2 Å². The Morgan fingerprint density at radius 1 is 1.36 bits per heavy atom. The first-order chi connectivity index (χ1) is 6.34. The normalized spacial score (nSPS) is 15.4. The van der Waals surface area contributed by atoms with Gasteiger partial charge in [-0.2, -0.15) is 0 Å². The molecular formula is C11H25NOSi. The van der Waals surface area contributed by atoms with E-state index in [9.17, 15) is 0 Å². The topological polar surface area (TPSA) is 21.3 Å². The van der Waals surface area contributed by atoms with Gasteiger partial charge in [0.15, 0.2) is 9.04 Å². The molecule has 2 nitrogen and oxygen atoms in total. The zero-order valence-corrected chi connectivity index (χ0v) is 11.6. The number of rotatable bonds is 5. The molecule has 0 saturated heterocycles. The molecule has 0 saturated carbocycles. The van der Waals surface area contributed by atoms with Gasteiger partial charge >= 0.3 is 0 Å². The van der Waals surface area contributed by atoms with E-state index in [0.717, 1.165) is 6.54 Å². The van der Waals surface area contributed by atoms with Crippen molar-refractivity contribution in [3.63, 3.8) is 0 Å². The first kappa shape index (κ1) is 13.9. The Bertz CT molecular complexity index is 173. The molecule has 0 heterocycles. The minimum absolute atomic E-state index is 0.351. The number of nitrogens with one attached hydrogen (secondary N) is 1. The van der Waals surface area contributed by atoms with E-state index in [2.05, 4.69) is 58.4 Å². The molecule has 0 rings (SSSR count). The van der Waals surface area contributed by atoms with Gasteiger partial charge in [-0.1, -0.05) is 39.8 Å². The molecule has 0 aliphatic heterocycles. The molecule has 0 aromatic heterocycles. The van der Waals surface area contributed by atoms with E-state index in [1.54, 1.807) is 0 Å². The first-order valence-electron chi connectivity index (χ1n) is 5.39. The van der Waals surface area contributed by atoms with Crippen molar-refractivity contribution in [2.45, 2.75) is 40.8 Å². The van der Waals surface area contributed by atoms with Crippen LogP contribution in [0.15, 0.2) is 12.2 Å². The minimum Gasteiger partial charge on any atom is -0.349 e. The lowest BCUT2D eigenvalue weighted by molar-refractivity contribution is 0.212. The second-order valence-electron chi connectivity index (χ2n) is 5.10. The van der Waals surface area contributed by atoms with Crippen LogP contribution in [0, 0.1) is 11.3 Å². The molecule has 0 bridgehead atoms. The van der Waals surface area contributed by atoms with Crippen LogP contribution in [0.3, 0.4) is 0 Å². The van der Waals surface area contributed by atoms with Gasteiger partial charge in [-0.3, -0.25) is 0 Å². The summed E-state index contributed by atoms with van der Waals surface area (Å²) in [5.74, 6) is 0.598. The second-order valence-corrected chi connectivity index (χ2v) is 7.43. The molecule has 0 radical (unpaired) electrons. The van der Waals surface area contributed by atoms with Crippen LogP contribution in [0.25, 0.3) is 0 Å². The maximum atomic E-state index is 5.35. The minimum atomic E-state index is -0.916. The summed E-state index contributed by atoms with van der Waals surface area (Å²) in [7, 11) is -0.916. The fourth-order valence-corrected chi connectivity index (χ4v) is 1.25. The fraction of sp³-hybridized carbons (Fsp3) is 0.818. The lowest BCUT2D eigenvalue weighted by Crippen LogP contribution is -2.22. The third-order valence-corrected chi connectivity index (χ3v) is 2.95. The van der Waals surface area contributed by atoms with Crippen LogP contribution >= 0.6 is 0 Å². The van der Waals surface area contributed by atoms with Crippen LogP contribution in [-0.4, -0.2) is 15.6 Å². The average molecular weight is 215 g/mol. The molecule has 1 unspecified atom stereocenters. The molecule has 0 aliphatic rings. The highest BCUT2D eigenvalue weighted by Gasteiger charge is 2.16. The second kappa shape index (κ2) is 6.38. The SMILES string of the molecule is CC(C=CCNO[SiH](C)C)C(C)(C)C. The van der Waals surface area contributed by atoms with Gasteiger partial charge in [0, 0.05) is 6.54 Å². The molecule has 3 heteroatoms. The van der Waals surface area contributed by atoms with Gasteiger partial charge in [0.25, 0.3) is 0 Å². The summed E-state index contributed by atoms with van der Waals surface area (Å²) < 4.78 is 5.35. The van der Waals surface area contributed by atoms with E-state index < -0.39 is 9.04 Å². The quantitative estimate of drug-likeness (QED) is 0.329. The molecule has 0 aliphatic carbocycles. The maximum absolute atomic E-state index is 5.35. The van der Waals surface area contributed by atoms with Crippen molar-refractivity contribution in [2.24, 2.45) is 11.3 Å². The standard InChI is InChI=1S/C11H25NOSi/c1-10(11(2,3)4)8-7-9-12-13-14(5)6/h7-8,10,12,14H,9H2,1-6H3. The van der Waals surface area contributed by atoms with Crippen LogP contribution < -0.4 is 5.48 Å². The monoisotopic (exact) mass is 215 g/mol. The van der Waals surface area contributed by atoms with Crippen molar-refractivity contribution in [1.82, 2.24) is 5.48 Å². The molecule has 0 spiro atoms. The average Bonchev–Trinajstić information content (AvgIpc) is 2.01. The van der Waals surface area contributed by atoms with Crippen molar-refractivity contribution in [1.29, 1.82) is 0 Å². The fourth-order valence-electron chi connectivity index (χ4n) is 0.824.